The molecule has 0 radical (unpaired) electrons. The van der Waals surface area contributed by atoms with Crippen LogP contribution in [0.2, 0.25) is 0 Å². The van der Waals surface area contributed by atoms with Gasteiger partial charge in [-0.15, -0.1) is 0 Å². The molecule has 0 saturated carbocycles. The molecule has 0 spiro atoms. The van der Waals surface area contributed by atoms with Gasteiger partial charge in [0.1, 0.15) is 0 Å². The summed E-state index contributed by atoms with van der Waals surface area (Å²) in [6, 6.07) is 0. The summed E-state index contributed by atoms with van der Waals surface area (Å²) in [5.74, 6) is 0. The summed E-state index contributed by atoms with van der Waals surface area (Å²) in [4.78, 5) is 8.56. The fraction of sp³-hybridized carbons (Fsp3) is 0. The molecular formula is CH7BCaO6Zn. The molecule has 0 aromatic heterocycles. The largest absolute Gasteiger partial charge is 2.00 e. The fourth-order valence-corrected chi connectivity index (χ4v) is 0. The van der Waals surface area contributed by atoms with Gasteiger partial charge in [0.25, 0.3) is 0 Å². The Morgan fingerprint density at radius 1 is 1.20 bits per heavy atom. The summed E-state index contributed by atoms with van der Waals surface area (Å²) in [6.07, 6.45) is -1.83. The molecule has 5 N–H and O–H groups in total. The molecule has 9 heteroatoms. The molecule has 0 amide bonds. The first-order chi connectivity index (χ1) is 3.46. The normalized spacial score (nSPS) is 5.10. The van der Waals surface area contributed by atoms with Crippen molar-refractivity contribution in [3.05, 3.63) is 0 Å². The van der Waals surface area contributed by atoms with E-state index >= 15 is 0 Å². The monoisotopic (exact) mass is 230 g/mol. The van der Waals surface area contributed by atoms with Crippen LogP contribution in [0.3, 0.4) is 0 Å². The van der Waals surface area contributed by atoms with Gasteiger partial charge >= 0.3 is 51.2 Å². The van der Waals surface area contributed by atoms with Crippen molar-refractivity contribution in [2.75, 3.05) is 0 Å². The molecule has 0 saturated heterocycles. The zero-order valence-electron chi connectivity index (χ0n) is 7.14. The van der Waals surface area contributed by atoms with Crippen LogP contribution in [0.4, 0.5) is 4.79 Å². The molecule has 0 atom stereocenters. The smallest absolute Gasteiger partial charge is 1.00 e. The van der Waals surface area contributed by atoms with Crippen LogP contribution >= 0.6 is 0 Å². The molecule has 0 fully saturated rings. The molecule has 10 heavy (non-hydrogen) atoms. The van der Waals surface area contributed by atoms with E-state index in [2.05, 4.69) is 0 Å². The number of carboxylic acid groups (broad SMARTS) is 2. The summed E-state index contributed by atoms with van der Waals surface area (Å²) >= 11 is 0. The van der Waals surface area contributed by atoms with Gasteiger partial charge in [0, 0.05) is 19.5 Å². The fourth-order valence-electron chi connectivity index (χ4n) is 0. The Labute approximate surface area is 103 Å². The van der Waals surface area contributed by atoms with E-state index in [-0.39, 0.29) is 60.1 Å². The second kappa shape index (κ2) is 16.6. The van der Waals surface area contributed by atoms with Crippen LogP contribution < -0.4 is 0 Å². The maximum absolute atomic E-state index is 8.56. The Morgan fingerprint density at radius 2 is 1.20 bits per heavy atom. The second-order valence-corrected chi connectivity index (χ2v) is 0.629. The third-order valence-corrected chi connectivity index (χ3v) is 0. The topological polar surface area (TPSA) is 118 Å². The first-order valence-corrected chi connectivity index (χ1v) is 1.43. The van der Waals surface area contributed by atoms with Crippen LogP contribution in [0.25, 0.3) is 0 Å². The minimum atomic E-state index is -2.17. The summed E-state index contributed by atoms with van der Waals surface area (Å²) in [6.45, 7) is 0. The van der Waals surface area contributed by atoms with E-state index in [0.717, 1.165) is 0 Å². The van der Waals surface area contributed by atoms with E-state index in [1.807, 2.05) is 0 Å². The molecule has 0 bridgehead atoms. The first-order valence-electron chi connectivity index (χ1n) is 1.43. The van der Waals surface area contributed by atoms with Crippen molar-refractivity contribution in [1.82, 2.24) is 0 Å². The van der Waals surface area contributed by atoms with E-state index in [0.29, 0.717) is 0 Å². The Kier molecular flexibility index (Phi) is 37.3. The number of hydrogen-bond donors (Lipinski definition) is 5. The third-order valence-electron chi connectivity index (χ3n) is 0. The van der Waals surface area contributed by atoms with Gasteiger partial charge in [-0.3, -0.25) is 0 Å². The van der Waals surface area contributed by atoms with Crippen molar-refractivity contribution in [3.63, 3.8) is 0 Å². The van der Waals surface area contributed by atoms with E-state index in [9.17, 15) is 0 Å². The van der Waals surface area contributed by atoms with Crippen molar-refractivity contribution >= 4 is 51.2 Å². The molecule has 0 aromatic rings. The maximum atomic E-state index is 8.56. The Bertz CT molecular complexity index is 69.8. The second-order valence-electron chi connectivity index (χ2n) is 0.629. The molecular weight excluding hydrogens is 224 g/mol. The Hall–Kier alpha value is 1.10. The summed E-state index contributed by atoms with van der Waals surface area (Å²) in [5.41, 5.74) is 0. The van der Waals surface area contributed by atoms with Crippen molar-refractivity contribution in [1.29, 1.82) is 0 Å². The molecule has 0 aliphatic rings. The number of carbonyl (C=O) groups is 1. The molecule has 0 heterocycles. The molecule has 54 valence electrons. The average Bonchev–Trinajstić information content (AvgIpc) is 1.25. The number of rotatable bonds is 0. The SMILES string of the molecule is O=C(O)O.OB(O)O.[Ca+2].[H-].[H-].[Zn]. The van der Waals surface area contributed by atoms with Gasteiger partial charge in [-0.25, -0.2) is 4.79 Å². The predicted molar refractivity (Wildman–Crippen MR) is 31.0 cm³/mol. The zero-order valence-corrected chi connectivity index (χ0v) is 10.3. The summed E-state index contributed by atoms with van der Waals surface area (Å²) in [7, 11) is -2.17. The molecule has 0 aliphatic heterocycles. The Balaban J connectivity index is -0.0000000112. The molecule has 0 rings (SSSR count). The van der Waals surface area contributed by atoms with Crippen LogP contribution in [-0.4, -0.2) is 76.5 Å². The summed E-state index contributed by atoms with van der Waals surface area (Å²) < 4.78 is 0. The standard InChI is InChI=1S/CH2O3.BH3O3.Ca.Zn.2H/c2*2-1(3)4;;;;/h(H2,2,3,4);2-4H;;;;/q;;+2;;2*-1. The van der Waals surface area contributed by atoms with Gasteiger partial charge in [-0.2, -0.15) is 0 Å². The van der Waals surface area contributed by atoms with Gasteiger partial charge in [-0.05, 0) is 0 Å². The van der Waals surface area contributed by atoms with Crippen LogP contribution in [0.1, 0.15) is 2.85 Å². The van der Waals surface area contributed by atoms with Gasteiger partial charge in [0.05, 0.1) is 0 Å². The summed E-state index contributed by atoms with van der Waals surface area (Å²) in [5, 5.41) is 35.4. The molecule has 6 nitrogen and oxygen atoms in total. The van der Waals surface area contributed by atoms with E-state index in [1.165, 1.54) is 0 Å². The van der Waals surface area contributed by atoms with Gasteiger partial charge < -0.3 is 28.1 Å². The molecule has 0 aromatic carbocycles. The minimum absolute atomic E-state index is 0. The maximum Gasteiger partial charge on any atom is 2.00 e. The van der Waals surface area contributed by atoms with Crippen LogP contribution in [0, 0.1) is 0 Å². The van der Waals surface area contributed by atoms with Gasteiger partial charge in [-0.1, -0.05) is 0 Å². The zero-order chi connectivity index (χ0) is 7.15. The van der Waals surface area contributed by atoms with E-state index in [4.69, 9.17) is 30.1 Å². The van der Waals surface area contributed by atoms with E-state index in [1.54, 1.807) is 0 Å². The van der Waals surface area contributed by atoms with Crippen LogP contribution in [0.15, 0.2) is 0 Å². The van der Waals surface area contributed by atoms with Crippen molar-refractivity contribution in [2.45, 2.75) is 0 Å². The number of hydrogen-bond acceptors (Lipinski definition) is 4. The molecule has 0 aliphatic carbocycles. The predicted octanol–water partition coefficient (Wildman–Crippen LogP) is -1.99. The van der Waals surface area contributed by atoms with Crippen molar-refractivity contribution in [3.8, 4) is 0 Å². The van der Waals surface area contributed by atoms with Gasteiger partial charge in [0.2, 0.25) is 0 Å². The van der Waals surface area contributed by atoms with E-state index < -0.39 is 13.5 Å². The van der Waals surface area contributed by atoms with Crippen LogP contribution in [0.5, 0.6) is 0 Å². The molecule has 0 unspecified atom stereocenters. The minimum Gasteiger partial charge on any atom is -1.00 e. The first kappa shape index (κ1) is 22.5. The van der Waals surface area contributed by atoms with Crippen LogP contribution in [-0.2, 0) is 19.5 Å². The Morgan fingerprint density at radius 3 is 1.20 bits per heavy atom. The van der Waals surface area contributed by atoms with Crippen molar-refractivity contribution < 1.29 is 52.4 Å². The third kappa shape index (κ3) is 495. The van der Waals surface area contributed by atoms with Crippen molar-refractivity contribution in [2.24, 2.45) is 0 Å². The average molecular weight is 231 g/mol. The quantitative estimate of drug-likeness (QED) is 0.308. The van der Waals surface area contributed by atoms with Gasteiger partial charge in [0.15, 0.2) is 0 Å².